The SMILES string of the molecule is Cc1ccc2c(oc3ccccc32)c1N1C=CN(C(C)C)C1C.Cc1ccc2c(oc3ccccc32)c1N1C=CN(C)C1C.Cc1ccc2c(oc3ccccc32)c1N1c2ccccc2N(C)C1C.[2H]C([2H])([2H])N1c2ncccc2N(c2ccccc2C)C1C.[2H]C([2H])([2H])N1c2nccnc2N(c2ccccc2C)C1C. The molecule has 5 atom stereocenters. The Kier molecular flexibility index (Phi) is 16.5. The van der Waals surface area contributed by atoms with Crippen LogP contribution in [-0.4, -0.2) is 89.7 Å². The molecule has 16 heteroatoms. The molecule has 0 aliphatic carbocycles. The Morgan fingerprint density at radius 2 is 0.743 bits per heavy atom. The molecule has 0 spiro atoms. The number of rotatable bonds is 6. The number of fused-ring (bicyclic) bond motifs is 12. The maximum atomic E-state index is 7.79. The molecule has 0 saturated carbocycles. The molecule has 10 heterocycles. The summed E-state index contributed by atoms with van der Waals surface area (Å²) in [5.41, 5.74) is 20.4. The van der Waals surface area contributed by atoms with Gasteiger partial charge in [-0.05, 0) is 165 Å². The molecule has 5 unspecified atom stereocenters. The van der Waals surface area contributed by atoms with Crippen molar-refractivity contribution in [3.8, 4) is 0 Å². The molecule has 105 heavy (non-hydrogen) atoms. The summed E-state index contributed by atoms with van der Waals surface area (Å²) in [6.45, 7) is 20.8. The molecular weight excluding hydrogens is 1300 g/mol. The molecule has 19 rings (SSSR count). The van der Waals surface area contributed by atoms with E-state index in [2.05, 4.69) is 236 Å². The van der Waals surface area contributed by atoms with Crippen LogP contribution in [0.2, 0.25) is 0 Å². The molecule has 14 aromatic rings. The third kappa shape index (κ3) is 12.0. The number of pyridine rings is 1. The summed E-state index contributed by atoms with van der Waals surface area (Å²) >= 11 is 0. The smallest absolute Gasteiger partial charge is 0.178 e. The first-order valence-electron chi connectivity index (χ1n) is 39.0. The molecule has 532 valence electrons. The van der Waals surface area contributed by atoms with E-state index < -0.39 is 14.0 Å². The molecule has 5 aromatic heterocycles. The molecule has 0 fully saturated rings. The van der Waals surface area contributed by atoms with Gasteiger partial charge in [-0.1, -0.05) is 140 Å². The Hall–Kier alpha value is -11.9. The predicted octanol–water partition coefficient (Wildman–Crippen LogP) is 21.6. The van der Waals surface area contributed by atoms with Crippen molar-refractivity contribution in [3.63, 3.8) is 0 Å². The van der Waals surface area contributed by atoms with Gasteiger partial charge in [-0.3, -0.25) is 0 Å². The van der Waals surface area contributed by atoms with Gasteiger partial charge in [0.25, 0.3) is 0 Å². The fourth-order valence-electron chi connectivity index (χ4n) is 15.4. The summed E-state index contributed by atoms with van der Waals surface area (Å²) in [6.07, 6.45) is 13.4. The summed E-state index contributed by atoms with van der Waals surface area (Å²) in [4.78, 5) is 33.4. The Morgan fingerprint density at radius 1 is 0.333 bits per heavy atom. The zero-order chi connectivity index (χ0) is 78.2. The number of benzene rings is 9. The average molecular weight is 1400 g/mol. The molecule has 9 aromatic carbocycles. The Bertz CT molecular complexity index is 5750. The molecule has 0 radical (unpaired) electrons. The summed E-state index contributed by atoms with van der Waals surface area (Å²) in [6, 6.07) is 66.5. The van der Waals surface area contributed by atoms with Crippen molar-refractivity contribution in [1.29, 1.82) is 0 Å². The highest BCUT2D eigenvalue weighted by atomic mass is 16.3. The van der Waals surface area contributed by atoms with Crippen LogP contribution in [-0.2, 0) is 0 Å². The minimum atomic E-state index is -2.26. The van der Waals surface area contributed by atoms with Crippen molar-refractivity contribution < 1.29 is 21.5 Å². The van der Waals surface area contributed by atoms with Crippen molar-refractivity contribution in [1.82, 2.24) is 24.8 Å². The normalized spacial score (nSPS) is 18.9. The van der Waals surface area contributed by atoms with E-state index in [0.717, 1.165) is 73.1 Å². The second-order valence-corrected chi connectivity index (χ2v) is 28.0. The topological polar surface area (TPSA) is 110 Å². The minimum Gasteiger partial charge on any atom is -0.454 e. The highest BCUT2D eigenvalue weighted by Crippen LogP contribution is 2.50. The number of hydrogen-bond acceptors (Lipinski definition) is 16. The fraction of sp³-hybridized carbons (Fsp3) is 0.247. The van der Waals surface area contributed by atoms with E-state index in [1.165, 1.54) is 82.1 Å². The number of furan rings is 3. The van der Waals surface area contributed by atoms with E-state index >= 15 is 0 Å². The molecule has 5 aliphatic rings. The quantitative estimate of drug-likeness (QED) is 0.157. The van der Waals surface area contributed by atoms with Crippen molar-refractivity contribution >= 4 is 129 Å². The molecule has 0 bridgehead atoms. The maximum absolute atomic E-state index is 7.79. The first-order valence-corrected chi connectivity index (χ1v) is 36.0. The van der Waals surface area contributed by atoms with Crippen LogP contribution in [0.5, 0.6) is 0 Å². The second kappa shape index (κ2) is 28.0. The van der Waals surface area contributed by atoms with Gasteiger partial charge in [0, 0.05) is 129 Å². The van der Waals surface area contributed by atoms with Crippen molar-refractivity contribution in [2.75, 3.05) is 67.2 Å². The number of aryl methyl sites for hydroxylation is 5. The van der Waals surface area contributed by atoms with E-state index in [4.69, 9.17) is 21.5 Å². The van der Waals surface area contributed by atoms with Crippen molar-refractivity contribution in [2.45, 2.75) is 120 Å². The molecule has 0 N–H and O–H groups in total. The van der Waals surface area contributed by atoms with E-state index in [0.29, 0.717) is 29.7 Å². The lowest BCUT2D eigenvalue weighted by Gasteiger charge is -2.33. The van der Waals surface area contributed by atoms with Gasteiger partial charge in [0.1, 0.15) is 47.6 Å². The van der Waals surface area contributed by atoms with Crippen LogP contribution in [0.1, 0.15) is 84.5 Å². The average Bonchev–Trinajstić information content (AvgIpc) is 1.61. The Labute approximate surface area is 624 Å². The fourth-order valence-corrected chi connectivity index (χ4v) is 15.4. The highest BCUT2D eigenvalue weighted by molar-refractivity contribution is 6.12. The number of para-hydroxylation sites is 7. The van der Waals surface area contributed by atoms with E-state index in [-0.39, 0.29) is 24.7 Å². The van der Waals surface area contributed by atoms with Gasteiger partial charge in [-0.2, -0.15) is 0 Å². The third-order valence-corrected chi connectivity index (χ3v) is 21.3. The van der Waals surface area contributed by atoms with Gasteiger partial charge >= 0.3 is 0 Å². The van der Waals surface area contributed by atoms with Crippen LogP contribution in [0.25, 0.3) is 65.8 Å². The van der Waals surface area contributed by atoms with Gasteiger partial charge in [-0.25, -0.2) is 15.0 Å². The molecular formula is C89H93N13O3. The van der Waals surface area contributed by atoms with Crippen LogP contribution in [0.4, 0.5) is 63.0 Å². The monoisotopic (exact) mass is 1400 g/mol. The van der Waals surface area contributed by atoms with Crippen LogP contribution in [0.3, 0.4) is 0 Å². The zero-order valence-electron chi connectivity index (χ0n) is 68.0. The summed E-state index contributed by atoms with van der Waals surface area (Å²) < 4.78 is 65.4. The minimum absolute atomic E-state index is 0.231. The van der Waals surface area contributed by atoms with Gasteiger partial charge in [-0.15, -0.1) is 0 Å². The van der Waals surface area contributed by atoms with Crippen LogP contribution < -0.4 is 39.2 Å². The van der Waals surface area contributed by atoms with Gasteiger partial charge < -0.3 is 62.3 Å². The predicted molar refractivity (Wildman–Crippen MR) is 437 cm³/mol. The van der Waals surface area contributed by atoms with Crippen molar-refractivity contribution in [2.24, 2.45) is 0 Å². The summed E-state index contributed by atoms with van der Waals surface area (Å²) in [5.74, 6) is 1.48. The Morgan fingerprint density at radius 3 is 1.25 bits per heavy atom. The van der Waals surface area contributed by atoms with E-state index in [1.807, 2.05) is 135 Å². The standard InChI is InChI=1S/C22H20N2O.C20H22N2O.C18H18N2O.C15H17N3.C14H16N4/c1-14-12-13-17-16-8-4-7-11-20(16)25-22(17)21(14)24-15(2)23(3)18-9-5-6-10-19(18)24;1-13(2)21-11-12-22(15(21)4)19-14(3)9-10-17-16-7-5-6-8-18(16)23-20(17)19;1-12-8-9-15-14-6-4-5-7-16(14)21-18(15)17(12)20-11-10-19(3)13(20)2;1-11-7-4-5-8-13(11)18-12(2)17(3)15-14(18)9-6-10-16-15;1-10-6-4-5-7-12(10)18-11(2)17(3)13-14(18)16-9-8-15-13/h4-13,15H,1-3H3;5-13,15H,1-4H3;4-11,13H,1-3H3;4-10,12H,1-3H3;4-9,11H,1-3H3/i;;;2*3D3. The van der Waals surface area contributed by atoms with Gasteiger partial charge in [0.15, 0.2) is 34.2 Å². The van der Waals surface area contributed by atoms with Crippen molar-refractivity contribution in [3.05, 3.63) is 265 Å². The van der Waals surface area contributed by atoms with Crippen LogP contribution in [0.15, 0.2) is 251 Å². The lowest BCUT2D eigenvalue weighted by molar-refractivity contribution is 0.263. The number of nitrogens with zero attached hydrogens (tertiary/aromatic N) is 13. The number of hydrogen-bond donors (Lipinski definition) is 0. The third-order valence-electron chi connectivity index (χ3n) is 21.3. The maximum Gasteiger partial charge on any atom is 0.178 e. The molecule has 5 aliphatic heterocycles. The zero-order valence-corrected chi connectivity index (χ0v) is 62.0. The molecule has 16 nitrogen and oxygen atoms in total. The second-order valence-electron chi connectivity index (χ2n) is 28.0. The lowest BCUT2D eigenvalue weighted by Crippen LogP contribution is -2.39. The van der Waals surface area contributed by atoms with Crippen LogP contribution >= 0.6 is 0 Å². The molecule has 0 amide bonds. The lowest BCUT2D eigenvalue weighted by atomic mass is 10.1. The largest absolute Gasteiger partial charge is 0.454 e. The highest BCUT2D eigenvalue weighted by Gasteiger charge is 2.37. The van der Waals surface area contributed by atoms with E-state index in [1.54, 1.807) is 12.4 Å². The van der Waals surface area contributed by atoms with E-state index in [9.17, 15) is 0 Å². The number of aromatic nitrogens is 3. The molecule has 0 saturated heterocycles. The summed E-state index contributed by atoms with van der Waals surface area (Å²) in [7, 11) is 4.24. The van der Waals surface area contributed by atoms with Gasteiger partial charge in [0.2, 0.25) is 0 Å². The first kappa shape index (κ1) is 61.7. The van der Waals surface area contributed by atoms with Gasteiger partial charge in [0.05, 0.1) is 34.1 Å². The Balaban J connectivity index is 0.000000110. The first-order chi connectivity index (χ1) is 53.2. The number of anilines is 11. The van der Waals surface area contributed by atoms with Crippen LogP contribution in [0, 0.1) is 34.6 Å². The summed E-state index contributed by atoms with van der Waals surface area (Å²) in [5, 5.41) is 7.08.